The van der Waals surface area contributed by atoms with Gasteiger partial charge in [-0.1, -0.05) is 0 Å². The Morgan fingerprint density at radius 1 is 1.53 bits per heavy atom. The summed E-state index contributed by atoms with van der Waals surface area (Å²) >= 11 is 0. The van der Waals surface area contributed by atoms with E-state index in [1.54, 1.807) is 19.3 Å². The highest BCUT2D eigenvalue weighted by Gasteiger charge is 2.21. The van der Waals surface area contributed by atoms with Gasteiger partial charge < -0.3 is 16.0 Å². The summed E-state index contributed by atoms with van der Waals surface area (Å²) in [6, 6.07) is 3.70. The number of piperidine rings is 1. The number of amidine groups is 1. The zero-order chi connectivity index (χ0) is 13.8. The number of carbonyl (C=O) groups is 1. The van der Waals surface area contributed by atoms with Crippen LogP contribution in [0.1, 0.15) is 23.3 Å². The van der Waals surface area contributed by atoms with Gasteiger partial charge in [0.05, 0.1) is 5.84 Å². The van der Waals surface area contributed by atoms with E-state index in [0.717, 1.165) is 31.6 Å². The van der Waals surface area contributed by atoms with Crippen LogP contribution in [0, 0.1) is 11.3 Å². The van der Waals surface area contributed by atoms with Crippen LogP contribution in [0.15, 0.2) is 18.3 Å². The van der Waals surface area contributed by atoms with Crippen LogP contribution in [-0.2, 0) is 0 Å². The number of amides is 1. The SMILES string of the molecule is CNC(=O)c1cc(N2CCC(C(=N)N)CC2)ccn1. The Bertz CT molecular complexity index is 480. The lowest BCUT2D eigenvalue weighted by Gasteiger charge is -2.33. The van der Waals surface area contributed by atoms with Gasteiger partial charge in [0.15, 0.2) is 0 Å². The van der Waals surface area contributed by atoms with Crippen molar-refractivity contribution in [3.8, 4) is 0 Å². The van der Waals surface area contributed by atoms with Crippen molar-refractivity contribution >= 4 is 17.4 Å². The minimum Gasteiger partial charge on any atom is -0.387 e. The minimum absolute atomic E-state index is 0.180. The van der Waals surface area contributed by atoms with Gasteiger partial charge in [-0.25, -0.2) is 0 Å². The number of nitrogens with zero attached hydrogens (tertiary/aromatic N) is 2. The normalized spacial score (nSPS) is 16.2. The number of aromatic nitrogens is 1. The number of hydrogen-bond acceptors (Lipinski definition) is 4. The van der Waals surface area contributed by atoms with E-state index in [-0.39, 0.29) is 17.7 Å². The van der Waals surface area contributed by atoms with E-state index in [1.807, 2.05) is 6.07 Å². The second-order valence-corrected chi connectivity index (χ2v) is 4.70. The first-order valence-corrected chi connectivity index (χ1v) is 6.39. The highest BCUT2D eigenvalue weighted by molar-refractivity contribution is 5.92. The van der Waals surface area contributed by atoms with Gasteiger partial charge in [0, 0.05) is 37.9 Å². The van der Waals surface area contributed by atoms with Crippen LogP contribution in [0.3, 0.4) is 0 Å². The van der Waals surface area contributed by atoms with Crippen molar-refractivity contribution in [2.45, 2.75) is 12.8 Å². The third-order valence-corrected chi connectivity index (χ3v) is 3.50. The molecule has 2 rings (SSSR count). The van der Waals surface area contributed by atoms with E-state index in [2.05, 4.69) is 15.2 Å². The molecule has 102 valence electrons. The summed E-state index contributed by atoms with van der Waals surface area (Å²) in [7, 11) is 1.59. The Labute approximate surface area is 112 Å². The zero-order valence-corrected chi connectivity index (χ0v) is 11.0. The summed E-state index contributed by atoms with van der Waals surface area (Å²) in [6.07, 6.45) is 3.41. The molecular weight excluding hydrogens is 242 g/mol. The molecule has 0 atom stereocenters. The third-order valence-electron chi connectivity index (χ3n) is 3.50. The van der Waals surface area contributed by atoms with Crippen molar-refractivity contribution in [2.75, 3.05) is 25.0 Å². The van der Waals surface area contributed by atoms with Gasteiger partial charge in [-0.05, 0) is 25.0 Å². The van der Waals surface area contributed by atoms with Crippen molar-refractivity contribution in [3.05, 3.63) is 24.0 Å². The van der Waals surface area contributed by atoms with Crippen molar-refractivity contribution in [2.24, 2.45) is 11.7 Å². The summed E-state index contributed by atoms with van der Waals surface area (Å²) in [6.45, 7) is 1.70. The fourth-order valence-electron chi connectivity index (χ4n) is 2.32. The number of carbonyl (C=O) groups excluding carboxylic acids is 1. The first kappa shape index (κ1) is 13.3. The van der Waals surface area contributed by atoms with Crippen molar-refractivity contribution < 1.29 is 4.79 Å². The van der Waals surface area contributed by atoms with E-state index < -0.39 is 0 Å². The number of hydrogen-bond donors (Lipinski definition) is 3. The first-order valence-electron chi connectivity index (χ1n) is 6.39. The van der Waals surface area contributed by atoms with Crippen molar-refractivity contribution in [3.63, 3.8) is 0 Å². The van der Waals surface area contributed by atoms with Crippen LogP contribution in [0.2, 0.25) is 0 Å². The number of nitrogens with two attached hydrogens (primary N) is 1. The second kappa shape index (κ2) is 5.69. The molecule has 0 radical (unpaired) electrons. The Morgan fingerprint density at radius 3 is 2.79 bits per heavy atom. The van der Waals surface area contributed by atoms with E-state index >= 15 is 0 Å². The third kappa shape index (κ3) is 3.01. The van der Waals surface area contributed by atoms with Crippen LogP contribution < -0.4 is 16.0 Å². The largest absolute Gasteiger partial charge is 0.387 e. The molecule has 0 unspecified atom stereocenters. The molecule has 0 saturated carbocycles. The minimum atomic E-state index is -0.180. The van der Waals surface area contributed by atoms with E-state index in [0.29, 0.717) is 5.69 Å². The second-order valence-electron chi connectivity index (χ2n) is 4.70. The Balaban J connectivity index is 2.07. The molecule has 2 heterocycles. The molecule has 0 spiro atoms. The standard InChI is InChI=1S/C13H19N5O/c1-16-13(19)11-8-10(2-5-17-11)18-6-3-9(4-7-18)12(14)15/h2,5,8-9H,3-4,6-7H2,1H3,(H3,14,15)(H,16,19). The number of nitrogens with one attached hydrogen (secondary N) is 2. The first-order chi connectivity index (χ1) is 9.11. The summed E-state index contributed by atoms with van der Waals surface area (Å²) in [5.74, 6) is 0.289. The molecular formula is C13H19N5O. The predicted molar refractivity (Wildman–Crippen MR) is 74.5 cm³/mol. The van der Waals surface area contributed by atoms with Gasteiger partial charge >= 0.3 is 0 Å². The van der Waals surface area contributed by atoms with E-state index in [4.69, 9.17) is 11.1 Å². The maximum Gasteiger partial charge on any atom is 0.269 e. The molecule has 1 fully saturated rings. The van der Waals surface area contributed by atoms with Crippen LogP contribution >= 0.6 is 0 Å². The molecule has 4 N–H and O–H groups in total. The quantitative estimate of drug-likeness (QED) is 0.548. The van der Waals surface area contributed by atoms with Gasteiger partial charge in [-0.3, -0.25) is 15.2 Å². The van der Waals surface area contributed by atoms with Crippen LogP contribution in [0.25, 0.3) is 0 Å². The van der Waals surface area contributed by atoms with Gasteiger partial charge in [0.2, 0.25) is 0 Å². The van der Waals surface area contributed by atoms with Gasteiger partial charge in [-0.2, -0.15) is 0 Å². The van der Waals surface area contributed by atoms with Gasteiger partial charge in [0.25, 0.3) is 5.91 Å². The molecule has 1 aliphatic heterocycles. The fraction of sp³-hybridized carbons (Fsp3) is 0.462. The Hall–Kier alpha value is -2.11. The average molecular weight is 261 g/mol. The molecule has 6 nitrogen and oxygen atoms in total. The topological polar surface area (TPSA) is 95.1 Å². The van der Waals surface area contributed by atoms with Crippen LogP contribution in [0.5, 0.6) is 0 Å². The van der Waals surface area contributed by atoms with E-state index in [1.165, 1.54) is 0 Å². The molecule has 1 aromatic heterocycles. The molecule has 1 aromatic rings. The average Bonchev–Trinajstić information content (AvgIpc) is 2.46. The Kier molecular flexibility index (Phi) is 3.99. The summed E-state index contributed by atoms with van der Waals surface area (Å²) in [5.41, 5.74) is 6.96. The highest BCUT2D eigenvalue weighted by Crippen LogP contribution is 2.23. The molecule has 1 saturated heterocycles. The fourth-order valence-corrected chi connectivity index (χ4v) is 2.32. The molecule has 1 aliphatic rings. The molecule has 6 heteroatoms. The lowest BCUT2D eigenvalue weighted by molar-refractivity contribution is 0.0958. The summed E-state index contributed by atoms with van der Waals surface area (Å²) in [5, 5.41) is 10.0. The summed E-state index contributed by atoms with van der Waals surface area (Å²) in [4.78, 5) is 17.8. The number of pyridine rings is 1. The van der Waals surface area contributed by atoms with E-state index in [9.17, 15) is 4.79 Å². The van der Waals surface area contributed by atoms with Crippen LogP contribution in [-0.4, -0.2) is 36.9 Å². The van der Waals surface area contributed by atoms with Crippen molar-refractivity contribution in [1.82, 2.24) is 10.3 Å². The number of rotatable bonds is 3. The molecule has 0 bridgehead atoms. The van der Waals surface area contributed by atoms with Crippen molar-refractivity contribution in [1.29, 1.82) is 5.41 Å². The van der Waals surface area contributed by atoms with Gasteiger partial charge in [0.1, 0.15) is 5.69 Å². The Morgan fingerprint density at radius 2 is 2.21 bits per heavy atom. The number of anilines is 1. The van der Waals surface area contributed by atoms with Gasteiger partial charge in [-0.15, -0.1) is 0 Å². The molecule has 1 amide bonds. The summed E-state index contributed by atoms with van der Waals surface area (Å²) < 4.78 is 0. The maximum absolute atomic E-state index is 11.6. The zero-order valence-electron chi connectivity index (χ0n) is 11.0. The highest BCUT2D eigenvalue weighted by atomic mass is 16.1. The smallest absolute Gasteiger partial charge is 0.269 e. The lowest BCUT2D eigenvalue weighted by Crippen LogP contribution is -2.38. The molecule has 19 heavy (non-hydrogen) atoms. The lowest BCUT2D eigenvalue weighted by atomic mass is 9.95. The maximum atomic E-state index is 11.6. The molecule has 0 aromatic carbocycles. The predicted octanol–water partition coefficient (Wildman–Crippen LogP) is 0.594. The molecule has 0 aliphatic carbocycles. The van der Waals surface area contributed by atoms with Crippen LogP contribution in [0.4, 0.5) is 5.69 Å². The monoisotopic (exact) mass is 261 g/mol.